The Morgan fingerprint density at radius 1 is 1.15 bits per heavy atom. The van der Waals surface area contributed by atoms with Gasteiger partial charge < -0.3 is 16.0 Å². The molecule has 1 aromatic heterocycles. The van der Waals surface area contributed by atoms with Crippen molar-refractivity contribution in [1.82, 2.24) is 9.97 Å². The van der Waals surface area contributed by atoms with E-state index in [9.17, 15) is 4.57 Å². The predicted molar refractivity (Wildman–Crippen MR) is 113 cm³/mol. The molecule has 0 unspecified atom stereocenters. The monoisotopic (exact) mass is 441 g/mol. The van der Waals surface area contributed by atoms with E-state index in [-0.39, 0.29) is 8.46 Å². The van der Waals surface area contributed by atoms with E-state index < -0.39 is 0 Å². The van der Waals surface area contributed by atoms with Gasteiger partial charge in [-0.25, -0.2) is 4.98 Å². The van der Waals surface area contributed by atoms with Crippen LogP contribution in [0.2, 0.25) is 0 Å². The number of hydrogen-bond acceptors (Lipinski definition) is 6. The molecule has 0 amide bonds. The van der Waals surface area contributed by atoms with Crippen LogP contribution in [0.4, 0.5) is 28.8 Å². The van der Waals surface area contributed by atoms with Crippen molar-refractivity contribution in [1.29, 1.82) is 0 Å². The van der Waals surface area contributed by atoms with E-state index in [0.717, 1.165) is 40.9 Å². The van der Waals surface area contributed by atoms with E-state index in [4.69, 9.17) is 0 Å². The molecular weight excluding hydrogens is 425 g/mol. The largest absolute Gasteiger partial charge is 0.385 e. The highest BCUT2D eigenvalue weighted by molar-refractivity contribution is 9.10. The van der Waals surface area contributed by atoms with Crippen LogP contribution in [0.1, 0.15) is 12.0 Å². The number of benzene rings is 2. The normalized spacial score (nSPS) is 12.9. The second kappa shape index (κ2) is 8.03. The second-order valence-corrected chi connectivity index (χ2v) is 7.67. The summed E-state index contributed by atoms with van der Waals surface area (Å²) >= 11 is 3.46. The van der Waals surface area contributed by atoms with Crippen LogP contribution in [0, 0.1) is 0 Å². The Bertz CT molecular complexity index is 998. The molecule has 0 spiro atoms. The van der Waals surface area contributed by atoms with Crippen LogP contribution in [0.15, 0.2) is 53.1 Å². The van der Waals surface area contributed by atoms with Crippen LogP contribution in [0.3, 0.4) is 0 Å². The Kier molecular flexibility index (Phi) is 5.32. The molecule has 136 valence electrons. The maximum absolute atomic E-state index is 11.3. The fraction of sp³-hybridized carbons (Fsp3) is 0.158. The van der Waals surface area contributed by atoms with Crippen molar-refractivity contribution < 1.29 is 4.57 Å². The second-order valence-electron chi connectivity index (χ2n) is 6.15. The van der Waals surface area contributed by atoms with Gasteiger partial charge in [0, 0.05) is 24.1 Å². The fourth-order valence-corrected chi connectivity index (χ4v) is 3.64. The Labute approximate surface area is 167 Å². The van der Waals surface area contributed by atoms with Gasteiger partial charge in [-0.1, -0.05) is 18.2 Å². The van der Waals surface area contributed by atoms with Gasteiger partial charge in [0.2, 0.25) is 5.95 Å². The molecule has 0 radical (unpaired) electrons. The highest BCUT2D eigenvalue weighted by Crippen LogP contribution is 2.28. The van der Waals surface area contributed by atoms with Gasteiger partial charge in [-0.15, -0.1) is 0 Å². The number of fused-ring (bicyclic) bond motifs is 1. The lowest BCUT2D eigenvalue weighted by Gasteiger charge is -2.19. The summed E-state index contributed by atoms with van der Waals surface area (Å²) in [5.74, 6) is 1.08. The Morgan fingerprint density at radius 2 is 2.04 bits per heavy atom. The lowest BCUT2D eigenvalue weighted by atomic mass is 10.0. The molecule has 1 aliphatic heterocycles. The molecule has 0 saturated carbocycles. The van der Waals surface area contributed by atoms with Crippen molar-refractivity contribution in [3.63, 3.8) is 0 Å². The van der Waals surface area contributed by atoms with Crippen LogP contribution >= 0.6 is 24.4 Å². The third kappa shape index (κ3) is 4.10. The predicted octanol–water partition coefficient (Wildman–Crippen LogP) is 5.00. The minimum atomic E-state index is -0.0462. The number of rotatable bonds is 5. The Balaban J connectivity index is 1.58. The van der Waals surface area contributed by atoms with Gasteiger partial charge in [-0.05, 0) is 58.6 Å². The van der Waals surface area contributed by atoms with Crippen molar-refractivity contribution >= 4 is 58.5 Å². The molecular formula is C19H17BrN5OP. The van der Waals surface area contributed by atoms with Crippen LogP contribution in [-0.4, -0.2) is 16.5 Å². The molecule has 3 aromatic rings. The summed E-state index contributed by atoms with van der Waals surface area (Å²) in [7, 11) is -0.0462. The first kappa shape index (κ1) is 17.9. The van der Waals surface area contributed by atoms with Gasteiger partial charge in [0.05, 0.1) is 15.5 Å². The first-order valence-electron chi connectivity index (χ1n) is 8.59. The third-order valence-electron chi connectivity index (χ3n) is 4.30. The molecule has 2 heterocycles. The lowest BCUT2D eigenvalue weighted by Crippen LogP contribution is -2.12. The minimum Gasteiger partial charge on any atom is -0.385 e. The molecule has 0 aliphatic carbocycles. The minimum absolute atomic E-state index is 0.0462. The molecule has 8 heteroatoms. The van der Waals surface area contributed by atoms with Crippen molar-refractivity contribution in [3.8, 4) is 0 Å². The Morgan fingerprint density at radius 3 is 2.93 bits per heavy atom. The molecule has 27 heavy (non-hydrogen) atoms. The number of anilines is 5. The standard InChI is InChI=1S/C19H17BrN5OP/c20-14-11-22-19(23-13-8-7-12-4-3-9-21-16(12)10-13)25-18(14)24-15-5-1-2-6-17(15)27-26/h1-2,5-8,10-11,21H,3-4,9H2,(H2,22,23,24,25). The summed E-state index contributed by atoms with van der Waals surface area (Å²) in [5, 5.41) is 10.5. The summed E-state index contributed by atoms with van der Waals surface area (Å²) in [4.78, 5) is 8.88. The molecule has 0 atom stereocenters. The first-order chi connectivity index (χ1) is 13.2. The molecule has 2 aromatic carbocycles. The molecule has 0 fully saturated rings. The average molecular weight is 442 g/mol. The van der Waals surface area contributed by atoms with E-state index in [2.05, 4.69) is 54.0 Å². The maximum Gasteiger partial charge on any atom is 0.229 e. The molecule has 6 nitrogen and oxygen atoms in total. The van der Waals surface area contributed by atoms with Crippen LogP contribution in [0.5, 0.6) is 0 Å². The van der Waals surface area contributed by atoms with Gasteiger partial charge in [0.15, 0.2) is 8.46 Å². The first-order valence-corrected chi connectivity index (χ1v) is 10.2. The Hall–Kier alpha value is -2.50. The van der Waals surface area contributed by atoms with Crippen LogP contribution in [0.25, 0.3) is 0 Å². The number of halogens is 1. The van der Waals surface area contributed by atoms with Gasteiger partial charge in [-0.3, -0.25) is 4.57 Å². The molecule has 1 aliphatic rings. The topological polar surface area (TPSA) is 78.9 Å². The van der Waals surface area contributed by atoms with Crippen LogP contribution in [-0.2, 0) is 11.0 Å². The van der Waals surface area contributed by atoms with Gasteiger partial charge in [0.1, 0.15) is 5.82 Å². The van der Waals surface area contributed by atoms with Crippen molar-refractivity contribution in [3.05, 3.63) is 58.7 Å². The zero-order valence-electron chi connectivity index (χ0n) is 14.4. The van der Waals surface area contributed by atoms with Crippen molar-refractivity contribution in [2.45, 2.75) is 12.8 Å². The van der Waals surface area contributed by atoms with E-state index in [1.54, 1.807) is 12.3 Å². The third-order valence-corrected chi connectivity index (χ3v) is 5.47. The summed E-state index contributed by atoms with van der Waals surface area (Å²) in [5.41, 5.74) is 4.15. The van der Waals surface area contributed by atoms with Gasteiger partial charge in [0.25, 0.3) is 0 Å². The van der Waals surface area contributed by atoms with Crippen molar-refractivity contribution in [2.75, 3.05) is 22.5 Å². The highest BCUT2D eigenvalue weighted by atomic mass is 79.9. The fourth-order valence-electron chi connectivity index (χ4n) is 2.97. The number of aryl methyl sites for hydroxylation is 1. The zero-order chi connectivity index (χ0) is 18.6. The number of nitrogens with zero attached hydrogens (tertiary/aromatic N) is 2. The highest BCUT2D eigenvalue weighted by Gasteiger charge is 2.11. The van der Waals surface area contributed by atoms with Gasteiger partial charge >= 0.3 is 0 Å². The smallest absolute Gasteiger partial charge is 0.229 e. The lowest BCUT2D eigenvalue weighted by molar-refractivity contribution is 0.603. The number of aromatic nitrogens is 2. The summed E-state index contributed by atoms with van der Waals surface area (Å²) < 4.78 is 12.0. The van der Waals surface area contributed by atoms with E-state index in [1.807, 2.05) is 24.3 Å². The average Bonchev–Trinajstić information content (AvgIpc) is 2.71. The zero-order valence-corrected chi connectivity index (χ0v) is 16.8. The van der Waals surface area contributed by atoms with E-state index in [1.165, 1.54) is 5.56 Å². The van der Waals surface area contributed by atoms with Crippen LogP contribution < -0.4 is 21.3 Å². The summed E-state index contributed by atoms with van der Waals surface area (Å²) in [6.45, 7) is 0.998. The maximum atomic E-state index is 11.3. The molecule has 0 bridgehead atoms. The molecule has 4 rings (SSSR count). The van der Waals surface area contributed by atoms with E-state index >= 15 is 0 Å². The summed E-state index contributed by atoms with van der Waals surface area (Å²) in [6.07, 6.45) is 3.95. The summed E-state index contributed by atoms with van der Waals surface area (Å²) in [6, 6.07) is 13.6. The number of para-hydroxylation sites is 1. The van der Waals surface area contributed by atoms with E-state index in [0.29, 0.717) is 17.1 Å². The molecule has 3 N–H and O–H groups in total. The quantitative estimate of drug-likeness (QED) is 0.483. The van der Waals surface area contributed by atoms with Gasteiger partial charge in [-0.2, -0.15) is 4.98 Å². The van der Waals surface area contributed by atoms with Crippen molar-refractivity contribution in [2.24, 2.45) is 0 Å². The molecule has 0 saturated heterocycles. The SMILES string of the molecule is O=Pc1ccccc1Nc1nc(Nc2ccc3c(c2)NCCC3)ncc1Br. The number of hydrogen-bond donors (Lipinski definition) is 3. The number of nitrogens with one attached hydrogen (secondary N) is 3.